The van der Waals surface area contributed by atoms with Crippen molar-refractivity contribution in [1.82, 2.24) is 9.80 Å². The Morgan fingerprint density at radius 1 is 0.804 bits per heavy atom. The largest absolute Gasteiger partial charge is 0.358 e. The molecular weight excluding hydrogens is 568 g/mol. The Morgan fingerprint density at radius 3 is 2.07 bits per heavy atom. The summed E-state index contributed by atoms with van der Waals surface area (Å²) >= 11 is 0. The number of nitrogens with zero attached hydrogens (tertiary/aromatic N) is 4. The van der Waals surface area contributed by atoms with Gasteiger partial charge in [-0.1, -0.05) is 59.7 Å². The first kappa shape index (κ1) is 27.1. The molecule has 11 rings (SSSR count). The van der Waals surface area contributed by atoms with Gasteiger partial charge in [0.15, 0.2) is 0 Å². The van der Waals surface area contributed by atoms with Crippen LogP contribution in [-0.4, -0.2) is 78.9 Å². The second-order valence-corrected chi connectivity index (χ2v) is 16.2. The quantitative estimate of drug-likeness (QED) is 0.398. The number of carbonyl (C=O) groups excluding carboxylic acids is 1. The number of amides is 1. The van der Waals surface area contributed by atoms with E-state index in [9.17, 15) is 4.79 Å². The maximum atomic E-state index is 14.0. The van der Waals surface area contributed by atoms with Crippen molar-refractivity contribution in [3.05, 3.63) is 83.0 Å². The predicted octanol–water partition coefficient (Wildman–Crippen LogP) is 5.48. The Labute approximate surface area is 273 Å². The number of para-hydroxylation sites is 2. The van der Waals surface area contributed by atoms with Crippen LogP contribution in [0.25, 0.3) is 0 Å². The molecule has 4 bridgehead atoms. The van der Waals surface area contributed by atoms with E-state index in [0.717, 1.165) is 44.8 Å². The Morgan fingerprint density at radius 2 is 1.39 bits per heavy atom. The molecule has 2 spiro atoms. The van der Waals surface area contributed by atoms with E-state index in [-0.39, 0.29) is 34.9 Å². The van der Waals surface area contributed by atoms with Gasteiger partial charge in [0.25, 0.3) is 0 Å². The smallest absolute Gasteiger partial charge is 0.224 e. The molecule has 2 aromatic carbocycles. The van der Waals surface area contributed by atoms with E-state index in [4.69, 9.17) is 4.74 Å². The lowest BCUT2D eigenvalue weighted by Crippen LogP contribution is -2.73. The van der Waals surface area contributed by atoms with Crippen LogP contribution in [0.4, 0.5) is 11.4 Å². The lowest BCUT2D eigenvalue weighted by Gasteiger charge is -2.63. The van der Waals surface area contributed by atoms with Crippen LogP contribution in [0.3, 0.4) is 0 Å². The van der Waals surface area contributed by atoms with Crippen LogP contribution >= 0.6 is 0 Å². The third-order valence-electron chi connectivity index (χ3n) is 15.3. The van der Waals surface area contributed by atoms with Crippen molar-refractivity contribution in [3.63, 3.8) is 0 Å². The monoisotopic (exact) mass is 614 g/mol. The zero-order valence-electron chi connectivity index (χ0n) is 27.4. The number of rotatable bonds is 1. The number of allylic oxidation sites excluding steroid dienone is 2. The van der Waals surface area contributed by atoms with Gasteiger partial charge in [0.05, 0.1) is 12.6 Å². The standard InChI is InChI=1S/C40H46N4O2/c1-4-24-20-41-16-14-39-30-11-7-9-13-32(30)44-36(39)28(26(24)18-33(39)41)22-46-38(44)35-27-19-34-40(15-17-42(34)21-25(27)5-2)29-10-6-8-12-31(29)43(23(3)45)37(35)40/h4-13,26-28,33-38H,14-22H2,1-3H3/b24-4-,25-5-/t26-,27-,28-,33-,34-,35+,36-,37+,38-,39+,40+/m0/s1. The molecule has 0 radical (unpaired) electrons. The highest BCUT2D eigenvalue weighted by atomic mass is 16.5. The molecule has 0 aromatic heterocycles. The number of fused-ring (bicyclic) bond motifs is 6. The highest BCUT2D eigenvalue weighted by Gasteiger charge is 2.73. The molecule has 9 aliphatic rings. The summed E-state index contributed by atoms with van der Waals surface area (Å²) in [6.07, 6.45) is 9.58. The Kier molecular flexibility index (Phi) is 5.26. The average Bonchev–Trinajstić information content (AvgIpc) is 3.83. The highest BCUT2D eigenvalue weighted by Crippen LogP contribution is 2.68. The Hall–Kier alpha value is -2.93. The normalized spacial score (nSPS) is 46.0. The summed E-state index contributed by atoms with van der Waals surface area (Å²) in [5, 5.41) is 0. The minimum atomic E-state index is -0.0604. The molecule has 7 fully saturated rings. The number of ether oxygens (including phenoxy) is 1. The topological polar surface area (TPSA) is 39.3 Å². The molecule has 6 nitrogen and oxygen atoms in total. The molecular formula is C40H46N4O2. The van der Waals surface area contributed by atoms with Crippen molar-refractivity contribution in [3.8, 4) is 0 Å². The van der Waals surface area contributed by atoms with Gasteiger partial charge in [-0.25, -0.2) is 0 Å². The van der Waals surface area contributed by atoms with Crippen LogP contribution in [-0.2, 0) is 20.4 Å². The first-order valence-corrected chi connectivity index (χ1v) is 18.2. The first-order chi connectivity index (χ1) is 22.5. The van der Waals surface area contributed by atoms with Crippen molar-refractivity contribution in [1.29, 1.82) is 0 Å². The average molecular weight is 615 g/mol. The zero-order chi connectivity index (χ0) is 30.7. The van der Waals surface area contributed by atoms with Gasteiger partial charge in [0.2, 0.25) is 5.91 Å². The molecule has 1 amide bonds. The van der Waals surface area contributed by atoms with Crippen molar-refractivity contribution in [2.45, 2.75) is 87.7 Å². The van der Waals surface area contributed by atoms with E-state index in [2.05, 4.69) is 94.1 Å². The predicted molar refractivity (Wildman–Crippen MR) is 180 cm³/mol. The van der Waals surface area contributed by atoms with Crippen LogP contribution in [0.2, 0.25) is 0 Å². The lowest BCUT2D eigenvalue weighted by molar-refractivity contribution is -0.129. The summed E-state index contributed by atoms with van der Waals surface area (Å²) in [6, 6.07) is 20.0. The van der Waals surface area contributed by atoms with Gasteiger partial charge in [-0.2, -0.15) is 0 Å². The van der Waals surface area contributed by atoms with Gasteiger partial charge >= 0.3 is 0 Å². The molecule has 7 aliphatic heterocycles. The van der Waals surface area contributed by atoms with Crippen LogP contribution < -0.4 is 9.80 Å². The second kappa shape index (κ2) is 8.94. The lowest BCUT2D eigenvalue weighted by atomic mass is 9.53. The van der Waals surface area contributed by atoms with E-state index >= 15 is 0 Å². The second-order valence-electron chi connectivity index (χ2n) is 16.2. The van der Waals surface area contributed by atoms with Crippen molar-refractivity contribution in [2.75, 3.05) is 42.6 Å². The molecule has 6 heteroatoms. The van der Waals surface area contributed by atoms with Gasteiger partial charge in [-0.3, -0.25) is 14.6 Å². The molecule has 0 unspecified atom stereocenters. The maximum absolute atomic E-state index is 14.0. The molecule has 0 N–H and O–H groups in total. The number of carbonyl (C=O) groups is 1. The van der Waals surface area contributed by atoms with E-state index in [1.54, 1.807) is 16.7 Å². The number of hydrogen-bond donors (Lipinski definition) is 0. The summed E-state index contributed by atoms with van der Waals surface area (Å²) in [4.78, 5) is 24.7. The molecule has 11 atom stereocenters. The van der Waals surface area contributed by atoms with E-state index < -0.39 is 0 Å². The number of hydrogen-bond acceptors (Lipinski definition) is 5. The number of benzene rings is 2. The zero-order valence-corrected chi connectivity index (χ0v) is 27.4. The van der Waals surface area contributed by atoms with Gasteiger partial charge in [-0.05, 0) is 87.7 Å². The fourth-order valence-corrected chi connectivity index (χ4v) is 13.9. The minimum Gasteiger partial charge on any atom is -0.358 e. The number of piperidine rings is 2. The molecule has 2 saturated carbocycles. The maximum Gasteiger partial charge on any atom is 0.224 e. The molecule has 2 aromatic rings. The summed E-state index contributed by atoms with van der Waals surface area (Å²) in [7, 11) is 0. The Balaban J connectivity index is 1.14. The van der Waals surface area contributed by atoms with Crippen molar-refractivity contribution >= 4 is 17.3 Å². The van der Waals surface area contributed by atoms with Crippen molar-refractivity contribution < 1.29 is 9.53 Å². The van der Waals surface area contributed by atoms with Gasteiger partial charge in [0.1, 0.15) is 6.23 Å². The molecule has 46 heavy (non-hydrogen) atoms. The summed E-state index contributed by atoms with van der Waals surface area (Å²) in [5.41, 5.74) is 8.89. The van der Waals surface area contributed by atoms with E-state index in [0.29, 0.717) is 35.9 Å². The Bertz CT molecular complexity index is 1750. The van der Waals surface area contributed by atoms with Crippen LogP contribution in [0.5, 0.6) is 0 Å². The van der Waals surface area contributed by atoms with E-state index in [1.807, 2.05) is 6.92 Å². The van der Waals surface area contributed by atoms with Gasteiger partial charge in [-0.15, -0.1) is 0 Å². The van der Waals surface area contributed by atoms with E-state index in [1.165, 1.54) is 30.6 Å². The molecule has 238 valence electrons. The van der Waals surface area contributed by atoms with Crippen LogP contribution in [0, 0.1) is 23.7 Å². The molecule has 2 aliphatic carbocycles. The van der Waals surface area contributed by atoms with Crippen molar-refractivity contribution in [2.24, 2.45) is 23.7 Å². The highest BCUT2D eigenvalue weighted by molar-refractivity contribution is 5.96. The third-order valence-corrected chi connectivity index (χ3v) is 15.3. The number of anilines is 2. The van der Waals surface area contributed by atoms with Gasteiger partial charge < -0.3 is 14.5 Å². The first-order valence-electron chi connectivity index (χ1n) is 18.2. The summed E-state index contributed by atoms with van der Waals surface area (Å²) in [5.74, 6) is 1.87. The fourth-order valence-electron chi connectivity index (χ4n) is 13.9. The minimum absolute atomic E-state index is 0.0504. The van der Waals surface area contributed by atoms with Crippen LogP contribution in [0.15, 0.2) is 71.8 Å². The fraction of sp³-hybridized carbons (Fsp3) is 0.575. The SMILES string of the molecule is C/C=C1/CN2CC[C@]34c5ccccc5N5[C@H]3[C@@H](CO[C@H]5[C@@H]3[C@H]5C[C@@H]6N(CC[C@@]67c6ccccc6N(C(C)=O)[C@H]37)C/C5=C/C)[C@H]1C[C@H]24. The molecule has 7 heterocycles. The summed E-state index contributed by atoms with van der Waals surface area (Å²) < 4.78 is 7.49. The third kappa shape index (κ3) is 2.85. The summed E-state index contributed by atoms with van der Waals surface area (Å²) in [6.45, 7) is 11.6. The molecule has 5 saturated heterocycles. The van der Waals surface area contributed by atoms with Crippen LogP contribution in [0.1, 0.15) is 57.6 Å². The van der Waals surface area contributed by atoms with Gasteiger partial charge in [0, 0.05) is 72.2 Å².